The molecule has 2 aromatic carbocycles. The maximum atomic E-state index is 13.9. The number of pyridine rings is 1. The highest BCUT2D eigenvalue weighted by Crippen LogP contribution is 2.53. The van der Waals surface area contributed by atoms with Gasteiger partial charge in [-0.2, -0.15) is 0 Å². The fourth-order valence-corrected chi connectivity index (χ4v) is 6.29. The molecule has 34 heavy (non-hydrogen) atoms. The smallest absolute Gasteiger partial charge is 0.311 e. The van der Waals surface area contributed by atoms with Crippen molar-refractivity contribution >= 4 is 50.3 Å². The summed E-state index contributed by atoms with van der Waals surface area (Å²) in [4.78, 5) is 31.2. The molecule has 1 heterocycles. The van der Waals surface area contributed by atoms with Crippen molar-refractivity contribution in [3.63, 3.8) is 0 Å². The molecule has 3 aliphatic carbocycles. The summed E-state index contributed by atoms with van der Waals surface area (Å²) in [5.41, 5.74) is 3.14. The molecule has 0 unspecified atom stereocenters. The van der Waals surface area contributed by atoms with Crippen molar-refractivity contribution in [3.8, 4) is 11.3 Å². The Kier molecular flexibility index (Phi) is 5.93. The van der Waals surface area contributed by atoms with E-state index in [0.29, 0.717) is 10.6 Å². The number of rotatable bonds is 4. The summed E-state index contributed by atoms with van der Waals surface area (Å²) in [7, 11) is 1.46. The Balaban J connectivity index is 1.54. The molecule has 2 bridgehead atoms. The molecule has 3 aliphatic rings. The molecule has 7 heteroatoms. The van der Waals surface area contributed by atoms with Crippen molar-refractivity contribution in [1.82, 2.24) is 10.3 Å². The Hall–Kier alpha value is -2.44. The van der Waals surface area contributed by atoms with E-state index in [1.807, 2.05) is 49.4 Å². The molecule has 6 rings (SSSR count). The molecule has 0 spiro atoms. The van der Waals surface area contributed by atoms with E-state index in [-0.39, 0.29) is 22.8 Å². The van der Waals surface area contributed by atoms with Crippen LogP contribution in [0.15, 0.2) is 46.9 Å². The molecule has 0 saturated heterocycles. The minimum Gasteiger partial charge on any atom is -0.469 e. The van der Waals surface area contributed by atoms with E-state index in [1.54, 1.807) is 0 Å². The van der Waals surface area contributed by atoms with Crippen LogP contribution < -0.4 is 5.32 Å². The van der Waals surface area contributed by atoms with Crippen molar-refractivity contribution in [2.24, 2.45) is 5.41 Å². The van der Waals surface area contributed by atoms with Gasteiger partial charge in [-0.3, -0.25) is 9.59 Å². The second-order valence-corrected chi connectivity index (χ2v) is 11.0. The van der Waals surface area contributed by atoms with Gasteiger partial charge in [-0.1, -0.05) is 39.7 Å². The third-order valence-corrected chi connectivity index (χ3v) is 8.49. The van der Waals surface area contributed by atoms with Crippen molar-refractivity contribution in [2.75, 3.05) is 7.11 Å². The zero-order valence-electron chi connectivity index (χ0n) is 19.2. The van der Waals surface area contributed by atoms with Crippen molar-refractivity contribution < 1.29 is 14.3 Å². The van der Waals surface area contributed by atoms with Gasteiger partial charge in [0.15, 0.2) is 0 Å². The number of esters is 1. The summed E-state index contributed by atoms with van der Waals surface area (Å²) in [6.45, 7) is 1.94. The molecule has 0 aliphatic heterocycles. The van der Waals surface area contributed by atoms with Gasteiger partial charge in [-0.05, 0) is 81.3 Å². The van der Waals surface area contributed by atoms with Crippen LogP contribution in [-0.2, 0) is 9.53 Å². The molecule has 0 radical (unpaired) electrons. The van der Waals surface area contributed by atoms with Crippen molar-refractivity contribution in [3.05, 3.63) is 63.1 Å². The molecular weight excluding hydrogens is 516 g/mol. The fraction of sp³-hybridized carbons (Fsp3) is 0.370. The minimum absolute atomic E-state index is 0.0984. The predicted molar refractivity (Wildman–Crippen MR) is 137 cm³/mol. The molecule has 1 N–H and O–H groups in total. The molecule has 0 atom stereocenters. The zero-order valence-corrected chi connectivity index (χ0v) is 21.6. The second-order valence-electron chi connectivity index (χ2n) is 9.64. The summed E-state index contributed by atoms with van der Waals surface area (Å²) in [6.07, 6.45) is 4.57. The predicted octanol–water partition coefficient (Wildman–Crippen LogP) is 6.62. The maximum Gasteiger partial charge on any atom is 0.311 e. The van der Waals surface area contributed by atoms with Crippen LogP contribution in [-0.4, -0.2) is 29.5 Å². The van der Waals surface area contributed by atoms with Crippen LogP contribution in [0.25, 0.3) is 22.2 Å². The number of halogens is 2. The maximum absolute atomic E-state index is 13.9. The lowest BCUT2D eigenvalue weighted by molar-refractivity contribution is -0.160. The lowest BCUT2D eigenvalue weighted by atomic mass is 9.57. The Morgan fingerprint density at radius 3 is 2.41 bits per heavy atom. The Labute approximate surface area is 212 Å². The van der Waals surface area contributed by atoms with E-state index in [2.05, 4.69) is 21.2 Å². The summed E-state index contributed by atoms with van der Waals surface area (Å²) in [5, 5.41) is 4.82. The number of carbonyl (C=O) groups excluding carboxylic acids is 2. The summed E-state index contributed by atoms with van der Waals surface area (Å²) >= 11 is 9.80. The normalized spacial score (nSPS) is 23.6. The van der Waals surface area contributed by atoms with Crippen LogP contribution in [0.4, 0.5) is 0 Å². The number of ether oxygens (including phenoxy) is 1. The molecule has 176 valence electrons. The van der Waals surface area contributed by atoms with Gasteiger partial charge in [-0.25, -0.2) is 4.98 Å². The molecule has 3 saturated carbocycles. The highest BCUT2D eigenvalue weighted by atomic mass is 79.9. The molecule has 3 fully saturated rings. The third kappa shape index (κ3) is 3.91. The van der Waals surface area contributed by atoms with E-state index >= 15 is 0 Å². The van der Waals surface area contributed by atoms with E-state index in [4.69, 9.17) is 21.3 Å². The number of aromatic nitrogens is 1. The molecule has 1 aromatic heterocycles. The van der Waals surface area contributed by atoms with Crippen LogP contribution in [0.3, 0.4) is 0 Å². The van der Waals surface area contributed by atoms with Gasteiger partial charge in [0, 0.05) is 26.0 Å². The van der Waals surface area contributed by atoms with E-state index in [1.165, 1.54) is 7.11 Å². The first-order chi connectivity index (χ1) is 16.3. The van der Waals surface area contributed by atoms with Gasteiger partial charge in [0.1, 0.15) is 0 Å². The highest BCUT2D eigenvalue weighted by molar-refractivity contribution is 9.10. The fourth-order valence-electron chi connectivity index (χ4n) is 5.74. The average Bonchev–Trinajstić information content (AvgIpc) is 2.84. The van der Waals surface area contributed by atoms with Gasteiger partial charge in [0.2, 0.25) is 0 Å². The number of benzene rings is 2. The number of carbonyl (C=O) groups is 2. The van der Waals surface area contributed by atoms with Gasteiger partial charge in [0.05, 0.1) is 29.3 Å². The Morgan fingerprint density at radius 1 is 1.06 bits per heavy atom. The largest absolute Gasteiger partial charge is 0.469 e. The van der Waals surface area contributed by atoms with E-state index in [0.717, 1.165) is 70.7 Å². The van der Waals surface area contributed by atoms with E-state index < -0.39 is 0 Å². The lowest BCUT2D eigenvalue weighted by Crippen LogP contribution is -2.58. The SMILES string of the molecule is COC(=O)C12CCC(NC(=O)c3c(C)c(-c4cccc(Cl)c4)nc4ccc(Br)cc34)(CC1)CC2. The zero-order chi connectivity index (χ0) is 24.1. The molecule has 3 aromatic rings. The Bertz CT molecular complexity index is 1300. The first kappa shape index (κ1) is 23.3. The first-order valence-corrected chi connectivity index (χ1v) is 12.7. The quantitative estimate of drug-likeness (QED) is 0.377. The topological polar surface area (TPSA) is 68.3 Å². The minimum atomic E-state index is -0.384. The first-order valence-electron chi connectivity index (χ1n) is 11.5. The van der Waals surface area contributed by atoms with Gasteiger partial charge in [-0.15, -0.1) is 0 Å². The number of hydrogen-bond donors (Lipinski definition) is 1. The van der Waals surface area contributed by atoms with Crippen LogP contribution >= 0.6 is 27.5 Å². The number of hydrogen-bond acceptors (Lipinski definition) is 4. The molecule has 5 nitrogen and oxygen atoms in total. The number of nitrogens with zero attached hydrogens (tertiary/aromatic N) is 1. The number of methoxy groups -OCH3 is 1. The van der Waals surface area contributed by atoms with Gasteiger partial charge in [0.25, 0.3) is 5.91 Å². The standard InChI is InChI=1S/C27H26BrClN2O3/c1-16-22(24(32)31-27-11-8-26(9-12-27,10-13-27)25(33)34-2)20-15-18(28)6-7-21(20)30-23(16)17-4-3-5-19(29)14-17/h3-7,14-15H,8-13H2,1-2H3,(H,31,32). The third-order valence-electron chi connectivity index (χ3n) is 7.76. The van der Waals surface area contributed by atoms with E-state index in [9.17, 15) is 9.59 Å². The van der Waals surface area contributed by atoms with Crippen LogP contribution in [0, 0.1) is 12.3 Å². The summed E-state index contributed by atoms with van der Waals surface area (Å²) < 4.78 is 5.97. The lowest BCUT2D eigenvalue weighted by Gasteiger charge is -2.52. The van der Waals surface area contributed by atoms with Crippen LogP contribution in [0.1, 0.15) is 54.4 Å². The number of nitrogens with one attached hydrogen (secondary N) is 1. The number of fused-ring (bicyclic) bond motifs is 4. The van der Waals surface area contributed by atoms with Crippen LogP contribution in [0.5, 0.6) is 0 Å². The second kappa shape index (κ2) is 8.65. The monoisotopic (exact) mass is 540 g/mol. The molecule has 1 amide bonds. The Morgan fingerprint density at radius 2 is 1.76 bits per heavy atom. The van der Waals surface area contributed by atoms with Crippen molar-refractivity contribution in [1.29, 1.82) is 0 Å². The van der Waals surface area contributed by atoms with Gasteiger partial charge >= 0.3 is 5.97 Å². The summed E-state index contributed by atoms with van der Waals surface area (Å²) in [5.74, 6) is -0.210. The summed E-state index contributed by atoms with van der Waals surface area (Å²) in [6, 6.07) is 13.4. The average molecular weight is 542 g/mol. The van der Waals surface area contributed by atoms with Gasteiger partial charge < -0.3 is 10.1 Å². The highest BCUT2D eigenvalue weighted by Gasteiger charge is 2.53. The molecular formula is C27H26BrClN2O3. The van der Waals surface area contributed by atoms with Crippen LogP contribution in [0.2, 0.25) is 5.02 Å². The number of amides is 1. The van der Waals surface area contributed by atoms with Crippen molar-refractivity contribution in [2.45, 2.75) is 51.0 Å².